The van der Waals surface area contributed by atoms with Crippen molar-refractivity contribution in [1.82, 2.24) is 10.6 Å². The molecule has 2 amide bonds. The van der Waals surface area contributed by atoms with Crippen LogP contribution in [0.1, 0.15) is 202 Å². The lowest BCUT2D eigenvalue weighted by Gasteiger charge is -2.62. The predicted octanol–water partition coefficient (Wildman–Crippen LogP) is 8.86. The number of fused-ring (bicyclic) bond motifs is 10. The number of esters is 2. The average molecular weight is 1120 g/mol. The molecule has 0 aromatic rings. The van der Waals surface area contributed by atoms with Gasteiger partial charge in [-0.25, -0.2) is 0 Å². The highest BCUT2D eigenvalue weighted by molar-refractivity contribution is 7.86. The summed E-state index contributed by atoms with van der Waals surface area (Å²) in [4.78, 5) is 51.4. The Kier molecular flexibility index (Phi) is 19.1. The number of carbonyl (C=O) groups excluding carboxylic acids is 4. The lowest BCUT2D eigenvalue weighted by molar-refractivity contribution is -0.183. The second-order valence-corrected chi connectivity index (χ2v) is 30.8. The van der Waals surface area contributed by atoms with Gasteiger partial charge in [0.25, 0.3) is 20.2 Å². The number of hydrogen-bond donors (Lipinski definition) is 6. The van der Waals surface area contributed by atoms with Crippen molar-refractivity contribution >= 4 is 44.0 Å². The van der Waals surface area contributed by atoms with E-state index in [-0.39, 0.29) is 94.4 Å². The molecule has 8 rings (SSSR count). The summed E-state index contributed by atoms with van der Waals surface area (Å²) in [7, 11) is -8.25. The molecule has 8 saturated carbocycles. The molecule has 8 fully saturated rings. The summed E-state index contributed by atoms with van der Waals surface area (Å²) in [5.41, 5.74) is 0.325. The van der Waals surface area contributed by atoms with Gasteiger partial charge in [-0.1, -0.05) is 48.0 Å². The molecule has 8 aliphatic rings. The van der Waals surface area contributed by atoms with Gasteiger partial charge in [-0.2, -0.15) is 16.8 Å². The average Bonchev–Trinajstić information content (AvgIpc) is 3.89. The minimum atomic E-state index is -4.12. The quantitative estimate of drug-likeness (QED) is 0.0336. The zero-order valence-corrected chi connectivity index (χ0v) is 49.1. The van der Waals surface area contributed by atoms with Gasteiger partial charge in [0.2, 0.25) is 11.8 Å². The van der Waals surface area contributed by atoms with E-state index in [4.69, 9.17) is 18.6 Å². The van der Waals surface area contributed by atoms with Gasteiger partial charge in [0.1, 0.15) is 12.2 Å². The van der Waals surface area contributed by atoms with E-state index in [9.17, 15) is 46.2 Å². The second kappa shape index (κ2) is 24.2. The van der Waals surface area contributed by atoms with Gasteiger partial charge in [0, 0.05) is 38.8 Å². The van der Waals surface area contributed by atoms with Crippen LogP contribution in [0.4, 0.5) is 0 Å². The Labute approximate surface area is 461 Å². The molecular weight excluding hydrogens is 1020 g/mol. The van der Waals surface area contributed by atoms with E-state index in [0.29, 0.717) is 98.7 Å². The summed E-state index contributed by atoms with van der Waals surface area (Å²) in [5.74, 6) is 2.45. The van der Waals surface area contributed by atoms with Crippen molar-refractivity contribution in [1.29, 1.82) is 0 Å². The van der Waals surface area contributed by atoms with Crippen LogP contribution < -0.4 is 10.6 Å². The number of ether oxygens (including phenoxy) is 2. The summed E-state index contributed by atoms with van der Waals surface area (Å²) < 4.78 is 74.4. The predicted molar refractivity (Wildman–Crippen MR) is 292 cm³/mol. The van der Waals surface area contributed by atoms with Gasteiger partial charge in [-0.05, 0) is 221 Å². The molecule has 4 unspecified atom stereocenters. The molecule has 77 heavy (non-hydrogen) atoms. The van der Waals surface area contributed by atoms with E-state index in [1.54, 1.807) is 0 Å². The smallest absolute Gasteiger partial charge is 0.306 e. The van der Waals surface area contributed by atoms with E-state index >= 15 is 0 Å². The maximum atomic E-state index is 13.2. The number of rotatable bonds is 22. The van der Waals surface area contributed by atoms with Gasteiger partial charge < -0.3 is 30.3 Å². The molecule has 6 N–H and O–H groups in total. The van der Waals surface area contributed by atoms with Crippen LogP contribution in [0.25, 0.3) is 0 Å². The molecule has 8 aliphatic carbocycles. The molecule has 0 saturated heterocycles. The summed E-state index contributed by atoms with van der Waals surface area (Å²) in [6, 6.07) is 0. The van der Waals surface area contributed by atoms with Crippen LogP contribution in [0.2, 0.25) is 0 Å². The zero-order chi connectivity index (χ0) is 55.9. The third kappa shape index (κ3) is 13.4. The van der Waals surface area contributed by atoms with Gasteiger partial charge in [-0.3, -0.25) is 28.3 Å². The largest absolute Gasteiger partial charge is 0.462 e. The normalized spacial score (nSPS) is 41.2. The fourth-order valence-electron chi connectivity index (χ4n) is 19.7. The van der Waals surface area contributed by atoms with E-state index in [2.05, 4.69) is 52.2 Å². The number of aliphatic hydroxyl groups is 2. The number of unbranched alkanes of at least 4 members (excludes halogenated alkanes) is 2. The van der Waals surface area contributed by atoms with Gasteiger partial charge in [-0.15, -0.1) is 0 Å². The Morgan fingerprint density at radius 2 is 0.870 bits per heavy atom. The van der Waals surface area contributed by atoms with Crippen LogP contribution in [0, 0.1) is 92.7 Å². The molecule has 0 heterocycles. The molecule has 20 atom stereocenters. The summed E-state index contributed by atoms with van der Waals surface area (Å²) in [6.45, 7) is 14.0. The SMILES string of the molecule is C[C@H](CCC(=O)NCCS(=O)(=O)O)[C@H]1CC[C@@H]2C3[C@@H](CC[C@@]21C)[C@@]1(C)CC[C@H](OC(=O)CCCCCC(=O)O[C@H]2CC[C@@]4(C)C(C2)C[C@H](O)C2[C@H]5CC[C@H]([C@H](C)CCC(=O)NCCS(=O)(=O)O)[C@@]5(C)CC[C@H]24)CC1C[C@@H]3O. The first-order valence-corrected chi connectivity index (χ1v) is 33.6. The van der Waals surface area contributed by atoms with Crippen molar-refractivity contribution in [2.24, 2.45) is 92.7 Å². The summed E-state index contributed by atoms with van der Waals surface area (Å²) in [6.07, 6.45) is 18.9. The molecular formula is C59H98N2O14S2. The van der Waals surface area contributed by atoms with E-state index in [1.165, 1.54) is 0 Å². The molecule has 0 aliphatic heterocycles. The Morgan fingerprint density at radius 3 is 1.25 bits per heavy atom. The zero-order valence-electron chi connectivity index (χ0n) is 47.4. The summed E-state index contributed by atoms with van der Waals surface area (Å²) in [5, 5.41) is 29.1. The number of carbonyl (C=O) groups is 4. The van der Waals surface area contributed by atoms with Crippen LogP contribution in [-0.2, 0) is 48.9 Å². The number of amides is 2. The van der Waals surface area contributed by atoms with Gasteiger partial charge in [0.15, 0.2) is 0 Å². The second-order valence-electron chi connectivity index (χ2n) is 27.7. The van der Waals surface area contributed by atoms with E-state index in [0.717, 1.165) is 109 Å². The molecule has 0 aromatic heterocycles. The fourth-order valence-corrected chi connectivity index (χ4v) is 20.4. The molecule has 0 bridgehead atoms. The van der Waals surface area contributed by atoms with Gasteiger partial charge >= 0.3 is 11.9 Å². The van der Waals surface area contributed by atoms with Gasteiger partial charge in [0.05, 0.1) is 23.7 Å². The van der Waals surface area contributed by atoms with Crippen molar-refractivity contribution in [3.63, 3.8) is 0 Å². The van der Waals surface area contributed by atoms with Crippen molar-refractivity contribution < 1.29 is 64.8 Å². The fraction of sp³-hybridized carbons (Fsp3) is 0.932. The third-order valence-electron chi connectivity index (χ3n) is 23.7. The number of aliphatic hydroxyl groups excluding tert-OH is 2. The Balaban J connectivity index is 0.719. The van der Waals surface area contributed by atoms with Crippen molar-refractivity contribution in [2.75, 3.05) is 24.6 Å². The van der Waals surface area contributed by atoms with E-state index < -0.39 is 43.9 Å². The van der Waals surface area contributed by atoms with Crippen LogP contribution in [0.15, 0.2) is 0 Å². The summed E-state index contributed by atoms with van der Waals surface area (Å²) >= 11 is 0. The van der Waals surface area contributed by atoms with Crippen LogP contribution in [0.5, 0.6) is 0 Å². The molecule has 18 heteroatoms. The number of hydrogen-bond acceptors (Lipinski definition) is 12. The first kappa shape index (κ1) is 60.7. The highest BCUT2D eigenvalue weighted by Gasteiger charge is 2.65. The third-order valence-corrected chi connectivity index (χ3v) is 25.1. The Morgan fingerprint density at radius 1 is 0.506 bits per heavy atom. The molecule has 0 radical (unpaired) electrons. The first-order chi connectivity index (χ1) is 36.1. The Hall–Kier alpha value is -2.38. The van der Waals surface area contributed by atoms with Crippen LogP contribution in [-0.4, -0.2) is 109 Å². The van der Waals surface area contributed by atoms with Crippen molar-refractivity contribution in [3.8, 4) is 0 Å². The van der Waals surface area contributed by atoms with Crippen molar-refractivity contribution in [2.45, 2.75) is 226 Å². The highest BCUT2D eigenvalue weighted by atomic mass is 32.2. The lowest BCUT2D eigenvalue weighted by Crippen LogP contribution is -2.58. The maximum absolute atomic E-state index is 13.2. The first-order valence-electron chi connectivity index (χ1n) is 30.3. The maximum Gasteiger partial charge on any atom is 0.306 e. The van der Waals surface area contributed by atoms with Crippen molar-refractivity contribution in [3.05, 3.63) is 0 Å². The molecule has 0 spiro atoms. The molecule has 440 valence electrons. The highest BCUT2D eigenvalue weighted by Crippen LogP contribution is 2.70. The minimum Gasteiger partial charge on any atom is -0.462 e. The monoisotopic (exact) mass is 1120 g/mol. The standard InChI is InChI=1S/C59H98N2O14S2/c1-36(12-18-50(64)60-28-30-76(68,69)70)42-14-16-44-54-46(22-26-58(42,44)5)56(3)24-20-40(32-38(56)34-48(54)62)74-52(66)10-8-7-9-11-53(67)75-41-21-25-57(4)39(33-41)35-49(63)55-45-17-15-43(59(45,6)27-23-47(55)57)37(2)13-19-51(65)61-29-31-77(71,72)73/h36-49,54-55,62-63H,7-35H2,1-6H3,(H,60,64)(H,61,65)(H,68,69,70)(H,71,72,73)/t36-,37-,38?,39?,40+,41+,42-,43-,44-,45-,46-,47-,48+,49+,54?,55?,56+,57+,58-,59-/m1/s1. The van der Waals surface area contributed by atoms with Crippen LogP contribution >= 0.6 is 0 Å². The number of nitrogens with one attached hydrogen (secondary N) is 2. The Bertz CT molecular complexity index is 2180. The molecule has 16 nitrogen and oxygen atoms in total. The van der Waals surface area contributed by atoms with E-state index in [1.807, 2.05) is 0 Å². The molecule has 0 aromatic carbocycles. The topological polar surface area (TPSA) is 260 Å². The lowest BCUT2D eigenvalue weighted by atomic mass is 9.43. The minimum absolute atomic E-state index is 0.0796. The van der Waals surface area contributed by atoms with Crippen LogP contribution in [0.3, 0.4) is 0 Å².